The number of hydrogen-bond acceptors (Lipinski definition) is 4. The summed E-state index contributed by atoms with van der Waals surface area (Å²) in [7, 11) is 1.46. The zero-order valence-electron chi connectivity index (χ0n) is 6.23. The lowest BCUT2D eigenvalue weighted by atomic mass is 10.0. The molecule has 1 fully saturated rings. The Morgan fingerprint density at radius 2 is 2.25 bits per heavy atom. The molecule has 0 aromatic carbocycles. The number of nitrogens with zero attached hydrogens (tertiary/aromatic N) is 1. The van der Waals surface area contributed by atoms with E-state index in [9.17, 15) is 8.42 Å². The third-order valence-electron chi connectivity index (χ3n) is 1.83. The molecule has 0 spiro atoms. The SMILES string of the molecule is N#CC1CCOCC1S(=O)(=O)Cl. The summed E-state index contributed by atoms with van der Waals surface area (Å²) in [5.41, 5.74) is 0. The molecule has 1 aliphatic heterocycles. The fraction of sp³-hybridized carbons (Fsp3) is 0.833. The van der Waals surface area contributed by atoms with E-state index in [1.165, 1.54) is 0 Å². The van der Waals surface area contributed by atoms with Gasteiger partial charge in [-0.15, -0.1) is 0 Å². The first-order valence-corrected chi connectivity index (χ1v) is 5.84. The van der Waals surface area contributed by atoms with Gasteiger partial charge in [0.1, 0.15) is 5.25 Å². The average molecular weight is 210 g/mol. The molecular weight excluding hydrogens is 202 g/mol. The highest BCUT2D eigenvalue weighted by Crippen LogP contribution is 2.23. The van der Waals surface area contributed by atoms with Crippen LogP contribution in [0, 0.1) is 17.2 Å². The van der Waals surface area contributed by atoms with Gasteiger partial charge in [-0.05, 0) is 6.42 Å². The highest BCUT2D eigenvalue weighted by molar-refractivity contribution is 8.14. The first kappa shape index (κ1) is 9.78. The van der Waals surface area contributed by atoms with Gasteiger partial charge >= 0.3 is 0 Å². The standard InChI is InChI=1S/C6H8ClNO3S/c7-12(9,10)6-4-11-2-1-5(6)3-8/h5-6H,1-2,4H2. The first-order valence-electron chi connectivity index (χ1n) is 3.46. The molecule has 2 atom stereocenters. The van der Waals surface area contributed by atoms with Gasteiger partial charge in [-0.1, -0.05) is 0 Å². The lowest BCUT2D eigenvalue weighted by Gasteiger charge is -2.23. The Kier molecular flexibility index (Phi) is 2.94. The van der Waals surface area contributed by atoms with Crippen LogP contribution in [0.15, 0.2) is 0 Å². The molecule has 0 N–H and O–H groups in total. The van der Waals surface area contributed by atoms with E-state index in [4.69, 9.17) is 20.7 Å². The summed E-state index contributed by atoms with van der Waals surface area (Å²) in [4.78, 5) is 0. The van der Waals surface area contributed by atoms with Crippen molar-refractivity contribution in [3.8, 4) is 6.07 Å². The van der Waals surface area contributed by atoms with Crippen molar-refractivity contribution in [1.82, 2.24) is 0 Å². The zero-order chi connectivity index (χ0) is 9.19. The molecule has 4 nitrogen and oxygen atoms in total. The summed E-state index contributed by atoms with van der Waals surface area (Å²) in [6.45, 7) is 0.463. The van der Waals surface area contributed by atoms with Gasteiger partial charge < -0.3 is 4.74 Å². The van der Waals surface area contributed by atoms with Crippen LogP contribution in [-0.4, -0.2) is 26.9 Å². The molecule has 0 saturated carbocycles. The predicted octanol–water partition coefficient (Wildman–Crippen LogP) is 0.484. The van der Waals surface area contributed by atoms with Crippen LogP contribution in [0.2, 0.25) is 0 Å². The largest absolute Gasteiger partial charge is 0.380 e. The fourth-order valence-corrected chi connectivity index (χ4v) is 2.51. The maximum atomic E-state index is 10.9. The maximum Gasteiger partial charge on any atom is 0.239 e. The molecule has 0 aromatic rings. The number of rotatable bonds is 1. The molecule has 0 radical (unpaired) electrons. The Balaban J connectivity index is 2.81. The number of nitriles is 1. The summed E-state index contributed by atoms with van der Waals surface area (Å²) in [6.07, 6.45) is 0.438. The second-order valence-electron chi connectivity index (χ2n) is 2.61. The van der Waals surface area contributed by atoms with Crippen molar-refractivity contribution < 1.29 is 13.2 Å². The molecule has 0 amide bonds. The Morgan fingerprint density at radius 1 is 1.58 bits per heavy atom. The third-order valence-corrected chi connectivity index (χ3v) is 3.71. The highest BCUT2D eigenvalue weighted by Gasteiger charge is 2.35. The molecule has 2 unspecified atom stereocenters. The van der Waals surface area contributed by atoms with Gasteiger partial charge in [0.25, 0.3) is 0 Å². The topological polar surface area (TPSA) is 67.2 Å². The second kappa shape index (κ2) is 3.60. The molecule has 0 aliphatic carbocycles. The van der Waals surface area contributed by atoms with Crippen molar-refractivity contribution in [2.45, 2.75) is 11.7 Å². The average Bonchev–Trinajstić information content (AvgIpc) is 2.03. The predicted molar refractivity (Wildman–Crippen MR) is 43.1 cm³/mol. The molecule has 6 heteroatoms. The summed E-state index contributed by atoms with van der Waals surface area (Å²) in [5.74, 6) is -0.527. The molecule has 0 bridgehead atoms. The van der Waals surface area contributed by atoms with Crippen molar-refractivity contribution in [2.75, 3.05) is 13.2 Å². The van der Waals surface area contributed by atoms with Crippen molar-refractivity contribution in [1.29, 1.82) is 5.26 Å². The summed E-state index contributed by atoms with van der Waals surface area (Å²) in [6, 6.07) is 1.92. The van der Waals surface area contributed by atoms with Crippen LogP contribution in [0.1, 0.15) is 6.42 Å². The molecule has 68 valence electrons. The summed E-state index contributed by atoms with van der Waals surface area (Å²) in [5, 5.41) is 7.73. The van der Waals surface area contributed by atoms with Gasteiger partial charge in [0.2, 0.25) is 9.05 Å². The van der Waals surface area contributed by atoms with Crippen molar-refractivity contribution in [3.63, 3.8) is 0 Å². The highest BCUT2D eigenvalue weighted by atomic mass is 35.7. The van der Waals surface area contributed by atoms with Gasteiger partial charge in [-0.2, -0.15) is 5.26 Å². The molecule has 1 rings (SSSR count). The van der Waals surface area contributed by atoms with Crippen molar-refractivity contribution in [3.05, 3.63) is 0 Å². The van der Waals surface area contributed by atoms with Gasteiger partial charge in [0, 0.05) is 17.3 Å². The molecular formula is C6H8ClNO3S. The first-order chi connectivity index (χ1) is 5.55. The van der Waals surface area contributed by atoms with Crippen LogP contribution in [0.4, 0.5) is 0 Å². The number of ether oxygens (including phenoxy) is 1. The van der Waals surface area contributed by atoms with Crippen LogP contribution < -0.4 is 0 Å². The van der Waals surface area contributed by atoms with Crippen LogP contribution in [0.25, 0.3) is 0 Å². The maximum absolute atomic E-state index is 10.9. The Hall–Kier alpha value is -0.310. The van der Waals surface area contributed by atoms with E-state index in [1.54, 1.807) is 0 Å². The van der Waals surface area contributed by atoms with E-state index in [-0.39, 0.29) is 6.61 Å². The molecule has 0 aromatic heterocycles. The van der Waals surface area contributed by atoms with E-state index in [1.807, 2.05) is 6.07 Å². The normalized spacial score (nSPS) is 31.0. The van der Waals surface area contributed by atoms with E-state index in [2.05, 4.69) is 0 Å². The molecule has 1 aliphatic rings. The number of hydrogen-bond donors (Lipinski definition) is 0. The minimum Gasteiger partial charge on any atom is -0.380 e. The monoisotopic (exact) mass is 209 g/mol. The third kappa shape index (κ3) is 2.09. The smallest absolute Gasteiger partial charge is 0.239 e. The van der Waals surface area contributed by atoms with Crippen molar-refractivity contribution in [2.24, 2.45) is 5.92 Å². The minimum atomic E-state index is -3.66. The Bertz CT molecular complexity index is 294. The van der Waals surface area contributed by atoms with E-state index in [0.717, 1.165) is 0 Å². The van der Waals surface area contributed by atoms with Gasteiger partial charge in [-0.25, -0.2) is 8.42 Å². The molecule has 12 heavy (non-hydrogen) atoms. The Morgan fingerprint density at radius 3 is 2.67 bits per heavy atom. The van der Waals surface area contributed by atoms with E-state index in [0.29, 0.717) is 13.0 Å². The molecule has 1 saturated heterocycles. The van der Waals surface area contributed by atoms with Crippen molar-refractivity contribution >= 4 is 19.7 Å². The number of halogens is 1. The summed E-state index contributed by atoms with van der Waals surface area (Å²) < 4.78 is 26.7. The Labute approximate surface area is 75.5 Å². The summed E-state index contributed by atoms with van der Waals surface area (Å²) >= 11 is 0. The van der Waals surface area contributed by atoms with Crippen LogP contribution in [0.3, 0.4) is 0 Å². The van der Waals surface area contributed by atoms with E-state index >= 15 is 0 Å². The lowest BCUT2D eigenvalue weighted by Crippen LogP contribution is -2.35. The van der Waals surface area contributed by atoms with Crippen LogP contribution in [-0.2, 0) is 13.8 Å². The lowest BCUT2D eigenvalue weighted by molar-refractivity contribution is 0.0835. The van der Waals surface area contributed by atoms with Gasteiger partial charge in [-0.3, -0.25) is 0 Å². The van der Waals surface area contributed by atoms with Crippen LogP contribution >= 0.6 is 10.7 Å². The quantitative estimate of drug-likeness (QED) is 0.590. The van der Waals surface area contributed by atoms with Gasteiger partial charge in [0.15, 0.2) is 0 Å². The van der Waals surface area contributed by atoms with E-state index < -0.39 is 20.2 Å². The minimum absolute atomic E-state index is 0.0318. The van der Waals surface area contributed by atoms with Crippen LogP contribution in [0.5, 0.6) is 0 Å². The second-order valence-corrected chi connectivity index (χ2v) is 5.46. The fourth-order valence-electron chi connectivity index (χ4n) is 1.14. The molecule has 1 heterocycles. The zero-order valence-corrected chi connectivity index (χ0v) is 7.81. The van der Waals surface area contributed by atoms with Gasteiger partial charge in [0.05, 0.1) is 18.6 Å².